The monoisotopic (exact) mass is 236 g/mol. The Labute approximate surface area is 99.6 Å². The number of amides is 2. The van der Waals surface area contributed by atoms with Crippen molar-refractivity contribution in [3.8, 4) is 5.75 Å². The molecule has 17 heavy (non-hydrogen) atoms. The normalized spacial score (nSPS) is 9.88. The summed E-state index contributed by atoms with van der Waals surface area (Å²) in [7, 11) is 0. The first-order valence-corrected chi connectivity index (χ1v) is 5.45. The maximum Gasteiger partial charge on any atom is 0.255 e. The molecule has 0 aromatic heterocycles. The molecule has 0 radical (unpaired) electrons. The van der Waals surface area contributed by atoms with E-state index in [0.717, 1.165) is 0 Å². The number of unbranched alkanes of at least 4 members (excludes halogenated alkanes) is 1. The fraction of sp³-hybridized carbons (Fsp3) is 0.333. The fourth-order valence-electron chi connectivity index (χ4n) is 1.39. The molecule has 0 fully saturated rings. The molecule has 0 aliphatic carbocycles. The zero-order valence-electron chi connectivity index (χ0n) is 9.48. The van der Waals surface area contributed by atoms with E-state index in [2.05, 4.69) is 5.32 Å². The number of nitrogens with two attached hydrogens (primary N) is 1. The maximum absolute atomic E-state index is 11.6. The first-order chi connectivity index (χ1) is 8.11. The minimum atomic E-state index is -0.336. The number of nitrogens with one attached hydrogen (secondary N) is 1. The summed E-state index contributed by atoms with van der Waals surface area (Å²) < 4.78 is 0. The number of phenolic OH excluding ortho intramolecular Hbond substituents is 1. The summed E-state index contributed by atoms with van der Waals surface area (Å²) in [6, 6.07) is 6.34. The largest absolute Gasteiger partial charge is 0.507 e. The van der Waals surface area contributed by atoms with Gasteiger partial charge in [-0.25, -0.2) is 0 Å². The van der Waals surface area contributed by atoms with Crippen LogP contribution in [0.1, 0.15) is 29.6 Å². The highest BCUT2D eigenvalue weighted by atomic mass is 16.3. The summed E-state index contributed by atoms with van der Waals surface area (Å²) in [6.45, 7) is 0.459. The third kappa shape index (κ3) is 4.55. The molecular weight excluding hydrogens is 220 g/mol. The van der Waals surface area contributed by atoms with E-state index < -0.39 is 0 Å². The first-order valence-electron chi connectivity index (χ1n) is 5.45. The van der Waals surface area contributed by atoms with Crippen LogP contribution < -0.4 is 11.1 Å². The van der Waals surface area contributed by atoms with Crippen molar-refractivity contribution in [1.29, 1.82) is 0 Å². The van der Waals surface area contributed by atoms with E-state index in [9.17, 15) is 14.7 Å². The Morgan fingerprint density at radius 1 is 1.24 bits per heavy atom. The number of phenols is 1. The lowest BCUT2D eigenvalue weighted by molar-refractivity contribution is -0.118. The topological polar surface area (TPSA) is 92.4 Å². The summed E-state index contributed by atoms with van der Waals surface area (Å²) in [5.41, 5.74) is 5.24. The molecule has 4 N–H and O–H groups in total. The van der Waals surface area contributed by atoms with Crippen molar-refractivity contribution in [2.75, 3.05) is 6.54 Å². The van der Waals surface area contributed by atoms with Gasteiger partial charge in [0.25, 0.3) is 5.91 Å². The highest BCUT2D eigenvalue weighted by Crippen LogP contribution is 2.14. The van der Waals surface area contributed by atoms with E-state index in [0.29, 0.717) is 25.8 Å². The lowest BCUT2D eigenvalue weighted by Gasteiger charge is -2.05. The highest BCUT2D eigenvalue weighted by Gasteiger charge is 2.08. The van der Waals surface area contributed by atoms with Crippen LogP contribution in [0.5, 0.6) is 5.75 Å². The van der Waals surface area contributed by atoms with Gasteiger partial charge in [0, 0.05) is 13.0 Å². The second-order valence-corrected chi connectivity index (χ2v) is 3.70. The van der Waals surface area contributed by atoms with E-state index in [4.69, 9.17) is 5.73 Å². The number of carbonyl (C=O) groups is 2. The molecule has 0 aliphatic rings. The third-order valence-electron chi connectivity index (χ3n) is 2.28. The van der Waals surface area contributed by atoms with Crippen LogP contribution >= 0.6 is 0 Å². The summed E-state index contributed by atoms with van der Waals surface area (Å²) in [4.78, 5) is 22.1. The van der Waals surface area contributed by atoms with E-state index in [-0.39, 0.29) is 23.1 Å². The Bertz CT molecular complexity index is 404. The zero-order valence-corrected chi connectivity index (χ0v) is 9.48. The summed E-state index contributed by atoms with van der Waals surface area (Å²) in [5, 5.41) is 12.1. The van der Waals surface area contributed by atoms with Crippen molar-refractivity contribution in [3.63, 3.8) is 0 Å². The molecule has 0 aliphatic heterocycles. The summed E-state index contributed by atoms with van der Waals surface area (Å²) in [6.07, 6.45) is 1.66. The van der Waals surface area contributed by atoms with Crippen LogP contribution in [0.4, 0.5) is 0 Å². The molecule has 1 aromatic carbocycles. The quantitative estimate of drug-likeness (QED) is 0.637. The second kappa shape index (κ2) is 6.52. The van der Waals surface area contributed by atoms with Gasteiger partial charge in [-0.05, 0) is 25.0 Å². The maximum atomic E-state index is 11.6. The number of aromatic hydroxyl groups is 1. The molecule has 0 heterocycles. The summed E-state index contributed by atoms with van der Waals surface area (Å²) in [5.74, 6) is -0.693. The number of rotatable bonds is 6. The molecule has 0 saturated carbocycles. The van der Waals surface area contributed by atoms with Gasteiger partial charge in [-0.2, -0.15) is 0 Å². The number of primary amides is 1. The molecule has 0 unspecified atom stereocenters. The minimum absolute atomic E-state index is 0.0397. The Kier molecular flexibility index (Phi) is 5.00. The molecule has 1 aromatic rings. The number of hydrogen-bond donors (Lipinski definition) is 3. The van der Waals surface area contributed by atoms with Gasteiger partial charge < -0.3 is 16.2 Å². The summed E-state index contributed by atoms with van der Waals surface area (Å²) >= 11 is 0. The Morgan fingerprint density at radius 2 is 1.94 bits per heavy atom. The van der Waals surface area contributed by atoms with Gasteiger partial charge in [0.2, 0.25) is 5.91 Å². The molecule has 0 spiro atoms. The SMILES string of the molecule is NC(=O)CCCCNC(=O)c1ccccc1O. The van der Waals surface area contributed by atoms with Crippen molar-refractivity contribution in [1.82, 2.24) is 5.32 Å². The number of benzene rings is 1. The molecule has 2 amide bonds. The Hall–Kier alpha value is -2.04. The highest BCUT2D eigenvalue weighted by molar-refractivity contribution is 5.96. The van der Waals surface area contributed by atoms with Gasteiger partial charge in [-0.15, -0.1) is 0 Å². The van der Waals surface area contributed by atoms with Crippen LogP contribution in [-0.2, 0) is 4.79 Å². The van der Waals surface area contributed by atoms with Crippen molar-refractivity contribution >= 4 is 11.8 Å². The average molecular weight is 236 g/mol. The smallest absolute Gasteiger partial charge is 0.255 e. The molecule has 0 bridgehead atoms. The van der Waals surface area contributed by atoms with Crippen molar-refractivity contribution in [2.45, 2.75) is 19.3 Å². The number of carbonyl (C=O) groups excluding carboxylic acids is 2. The first kappa shape index (κ1) is 13.0. The van der Waals surface area contributed by atoms with Crippen LogP contribution in [0.2, 0.25) is 0 Å². The van der Waals surface area contributed by atoms with Crippen LogP contribution in [0, 0.1) is 0 Å². The van der Waals surface area contributed by atoms with Crippen molar-refractivity contribution in [2.24, 2.45) is 5.73 Å². The third-order valence-corrected chi connectivity index (χ3v) is 2.28. The molecule has 92 valence electrons. The van der Waals surface area contributed by atoms with E-state index in [1.54, 1.807) is 18.2 Å². The number of para-hydroxylation sites is 1. The molecule has 5 heteroatoms. The fourth-order valence-corrected chi connectivity index (χ4v) is 1.39. The van der Waals surface area contributed by atoms with Gasteiger partial charge in [-0.1, -0.05) is 12.1 Å². The standard InChI is InChI=1S/C12H16N2O3/c13-11(16)7-3-4-8-14-12(17)9-5-1-2-6-10(9)15/h1-2,5-6,15H,3-4,7-8H2,(H2,13,16)(H,14,17). The van der Waals surface area contributed by atoms with Crippen molar-refractivity contribution in [3.05, 3.63) is 29.8 Å². The van der Waals surface area contributed by atoms with Gasteiger partial charge in [-0.3, -0.25) is 9.59 Å². The van der Waals surface area contributed by atoms with Crippen LogP contribution in [-0.4, -0.2) is 23.5 Å². The van der Waals surface area contributed by atoms with Crippen molar-refractivity contribution < 1.29 is 14.7 Å². The number of hydrogen-bond acceptors (Lipinski definition) is 3. The lowest BCUT2D eigenvalue weighted by atomic mass is 10.2. The molecular formula is C12H16N2O3. The molecule has 0 atom stereocenters. The molecule has 0 saturated heterocycles. The Balaban J connectivity index is 2.31. The molecule has 1 rings (SSSR count). The van der Waals surface area contributed by atoms with Gasteiger partial charge in [0.05, 0.1) is 5.56 Å². The van der Waals surface area contributed by atoms with Crippen LogP contribution in [0.25, 0.3) is 0 Å². The Morgan fingerprint density at radius 3 is 2.59 bits per heavy atom. The zero-order chi connectivity index (χ0) is 12.7. The van der Waals surface area contributed by atoms with E-state index in [1.165, 1.54) is 6.07 Å². The van der Waals surface area contributed by atoms with E-state index >= 15 is 0 Å². The predicted molar refractivity (Wildman–Crippen MR) is 63.5 cm³/mol. The van der Waals surface area contributed by atoms with Gasteiger partial charge in [0.15, 0.2) is 0 Å². The van der Waals surface area contributed by atoms with Crippen LogP contribution in [0.3, 0.4) is 0 Å². The van der Waals surface area contributed by atoms with Gasteiger partial charge >= 0.3 is 0 Å². The van der Waals surface area contributed by atoms with Gasteiger partial charge in [0.1, 0.15) is 5.75 Å². The predicted octanol–water partition coefficient (Wildman–Crippen LogP) is 0.778. The average Bonchev–Trinajstić information content (AvgIpc) is 2.28. The second-order valence-electron chi connectivity index (χ2n) is 3.70. The van der Waals surface area contributed by atoms with Crippen LogP contribution in [0.15, 0.2) is 24.3 Å². The lowest BCUT2D eigenvalue weighted by Crippen LogP contribution is -2.24. The minimum Gasteiger partial charge on any atom is -0.507 e. The molecule has 5 nitrogen and oxygen atoms in total. The van der Waals surface area contributed by atoms with E-state index in [1.807, 2.05) is 0 Å².